The average molecular weight is 257 g/mol. The molecule has 0 spiro atoms. The molecule has 3 heteroatoms. The van der Waals surface area contributed by atoms with Crippen LogP contribution in [0.25, 0.3) is 10.8 Å². The Kier molecular flexibility index (Phi) is 3.76. The summed E-state index contributed by atoms with van der Waals surface area (Å²) >= 11 is 0. The fraction of sp³-hybridized carbons (Fsp3) is 0.438. The Balaban J connectivity index is 2.44. The molecule has 0 fully saturated rings. The van der Waals surface area contributed by atoms with Crippen LogP contribution in [0.5, 0.6) is 0 Å². The molecule has 0 amide bonds. The minimum absolute atomic E-state index is 0.112. The van der Waals surface area contributed by atoms with Gasteiger partial charge in [0.05, 0.1) is 0 Å². The zero-order valence-electron chi connectivity index (χ0n) is 12.5. The highest BCUT2D eigenvalue weighted by atomic mass is 15.1. The van der Waals surface area contributed by atoms with Crippen molar-refractivity contribution in [1.82, 2.24) is 10.3 Å². The van der Waals surface area contributed by atoms with Crippen molar-refractivity contribution < 1.29 is 0 Å². The van der Waals surface area contributed by atoms with Crippen LogP contribution in [0, 0.1) is 0 Å². The van der Waals surface area contributed by atoms with Gasteiger partial charge in [-0.25, -0.2) is 4.98 Å². The monoisotopic (exact) mass is 257 g/mol. The number of hydrogen-bond acceptors (Lipinski definition) is 3. The summed E-state index contributed by atoms with van der Waals surface area (Å²) in [6.45, 7) is 7.37. The first kappa shape index (κ1) is 13.8. The molecule has 1 aromatic heterocycles. The molecule has 0 saturated heterocycles. The third-order valence-corrected chi connectivity index (χ3v) is 3.09. The van der Waals surface area contributed by atoms with Gasteiger partial charge in [-0.1, -0.05) is 24.3 Å². The maximum absolute atomic E-state index is 4.59. The first-order valence-corrected chi connectivity index (χ1v) is 6.67. The minimum atomic E-state index is 0.112. The van der Waals surface area contributed by atoms with Crippen LogP contribution in [-0.2, 0) is 6.54 Å². The van der Waals surface area contributed by atoms with Crippen molar-refractivity contribution >= 4 is 16.6 Å². The van der Waals surface area contributed by atoms with E-state index < -0.39 is 0 Å². The quantitative estimate of drug-likeness (QED) is 0.915. The van der Waals surface area contributed by atoms with E-state index in [1.807, 2.05) is 20.3 Å². The zero-order chi connectivity index (χ0) is 14.0. The second kappa shape index (κ2) is 5.17. The number of rotatable bonds is 3. The standard InChI is InChI=1S/C16H23N3/c1-16(2,3)18-11-12-10-17-15(19(4)5)14-9-7-6-8-13(12)14/h6-10,18H,11H2,1-5H3. The molecule has 1 aromatic carbocycles. The van der Waals surface area contributed by atoms with Gasteiger partial charge in [0, 0.05) is 37.8 Å². The van der Waals surface area contributed by atoms with E-state index in [4.69, 9.17) is 0 Å². The highest BCUT2D eigenvalue weighted by Gasteiger charge is 2.12. The molecule has 1 heterocycles. The first-order valence-electron chi connectivity index (χ1n) is 6.67. The highest BCUT2D eigenvalue weighted by molar-refractivity contribution is 5.94. The zero-order valence-corrected chi connectivity index (χ0v) is 12.5. The van der Waals surface area contributed by atoms with Crippen molar-refractivity contribution in [1.29, 1.82) is 0 Å². The van der Waals surface area contributed by atoms with Crippen molar-refractivity contribution in [3.8, 4) is 0 Å². The van der Waals surface area contributed by atoms with E-state index in [2.05, 4.69) is 60.2 Å². The lowest BCUT2D eigenvalue weighted by molar-refractivity contribution is 0.425. The topological polar surface area (TPSA) is 28.2 Å². The van der Waals surface area contributed by atoms with Crippen molar-refractivity contribution in [3.63, 3.8) is 0 Å². The van der Waals surface area contributed by atoms with Crippen LogP contribution in [0.4, 0.5) is 5.82 Å². The van der Waals surface area contributed by atoms with Gasteiger partial charge in [-0.05, 0) is 31.7 Å². The third kappa shape index (κ3) is 3.24. The van der Waals surface area contributed by atoms with Crippen molar-refractivity contribution in [2.45, 2.75) is 32.9 Å². The molecule has 0 aliphatic rings. The fourth-order valence-corrected chi connectivity index (χ4v) is 2.09. The van der Waals surface area contributed by atoms with Crippen molar-refractivity contribution in [2.75, 3.05) is 19.0 Å². The molecule has 2 aromatic rings. The van der Waals surface area contributed by atoms with Crippen LogP contribution < -0.4 is 10.2 Å². The summed E-state index contributed by atoms with van der Waals surface area (Å²) in [5, 5.41) is 6.01. The smallest absolute Gasteiger partial charge is 0.135 e. The normalized spacial score (nSPS) is 11.8. The SMILES string of the molecule is CN(C)c1ncc(CNC(C)(C)C)c2ccccc12. The van der Waals surface area contributed by atoms with Gasteiger partial charge >= 0.3 is 0 Å². The molecule has 0 atom stereocenters. The van der Waals surface area contributed by atoms with E-state index in [0.29, 0.717) is 0 Å². The molecular weight excluding hydrogens is 234 g/mol. The van der Waals surface area contributed by atoms with E-state index in [1.54, 1.807) is 0 Å². The molecule has 0 radical (unpaired) electrons. The number of nitrogens with one attached hydrogen (secondary N) is 1. The Morgan fingerprint density at radius 3 is 2.32 bits per heavy atom. The van der Waals surface area contributed by atoms with Gasteiger partial charge in [0.2, 0.25) is 0 Å². The Hall–Kier alpha value is -1.61. The maximum atomic E-state index is 4.59. The van der Waals surface area contributed by atoms with E-state index in [9.17, 15) is 0 Å². The molecule has 3 nitrogen and oxygen atoms in total. The van der Waals surface area contributed by atoms with Gasteiger partial charge in [0.15, 0.2) is 0 Å². The Morgan fingerprint density at radius 2 is 1.74 bits per heavy atom. The van der Waals surface area contributed by atoms with E-state index in [0.717, 1.165) is 12.4 Å². The molecule has 0 aliphatic carbocycles. The highest BCUT2D eigenvalue weighted by Crippen LogP contribution is 2.26. The molecule has 0 unspecified atom stereocenters. The largest absolute Gasteiger partial charge is 0.362 e. The molecule has 1 N–H and O–H groups in total. The van der Waals surface area contributed by atoms with E-state index in [-0.39, 0.29) is 5.54 Å². The molecular formula is C16H23N3. The van der Waals surface area contributed by atoms with Crippen LogP contribution in [0.1, 0.15) is 26.3 Å². The van der Waals surface area contributed by atoms with Crippen LogP contribution in [0.3, 0.4) is 0 Å². The lowest BCUT2D eigenvalue weighted by Crippen LogP contribution is -2.35. The number of pyridine rings is 1. The van der Waals surface area contributed by atoms with Crippen LogP contribution in [0.2, 0.25) is 0 Å². The summed E-state index contributed by atoms with van der Waals surface area (Å²) in [6.07, 6.45) is 1.98. The van der Waals surface area contributed by atoms with Gasteiger partial charge in [-0.15, -0.1) is 0 Å². The average Bonchev–Trinajstić information content (AvgIpc) is 2.34. The Morgan fingerprint density at radius 1 is 1.11 bits per heavy atom. The first-order chi connectivity index (χ1) is 8.88. The fourth-order valence-electron chi connectivity index (χ4n) is 2.09. The minimum Gasteiger partial charge on any atom is -0.362 e. The van der Waals surface area contributed by atoms with Crippen LogP contribution in [0.15, 0.2) is 30.5 Å². The van der Waals surface area contributed by atoms with Gasteiger partial charge in [0.1, 0.15) is 5.82 Å². The summed E-state index contributed by atoms with van der Waals surface area (Å²) in [4.78, 5) is 6.65. The number of aromatic nitrogens is 1. The van der Waals surface area contributed by atoms with Gasteiger partial charge < -0.3 is 10.2 Å². The summed E-state index contributed by atoms with van der Waals surface area (Å²) in [6, 6.07) is 8.46. The second-order valence-electron chi connectivity index (χ2n) is 6.15. The second-order valence-corrected chi connectivity index (χ2v) is 6.15. The molecule has 0 saturated carbocycles. The molecule has 0 aliphatic heterocycles. The van der Waals surface area contributed by atoms with E-state index >= 15 is 0 Å². The molecule has 102 valence electrons. The van der Waals surface area contributed by atoms with Crippen LogP contribution >= 0.6 is 0 Å². The predicted molar refractivity (Wildman–Crippen MR) is 82.7 cm³/mol. The molecule has 19 heavy (non-hydrogen) atoms. The lowest BCUT2D eigenvalue weighted by Gasteiger charge is -2.22. The summed E-state index contributed by atoms with van der Waals surface area (Å²) in [7, 11) is 4.06. The van der Waals surface area contributed by atoms with Gasteiger partial charge in [-0.3, -0.25) is 0 Å². The summed E-state index contributed by atoms with van der Waals surface area (Å²) in [5.74, 6) is 1.02. The van der Waals surface area contributed by atoms with Crippen molar-refractivity contribution in [3.05, 3.63) is 36.0 Å². The molecule has 2 rings (SSSR count). The number of nitrogens with zero attached hydrogens (tertiary/aromatic N) is 2. The van der Waals surface area contributed by atoms with Crippen molar-refractivity contribution in [2.24, 2.45) is 0 Å². The summed E-state index contributed by atoms with van der Waals surface area (Å²) in [5.41, 5.74) is 1.36. The van der Waals surface area contributed by atoms with Gasteiger partial charge in [-0.2, -0.15) is 0 Å². The summed E-state index contributed by atoms with van der Waals surface area (Å²) < 4.78 is 0. The Labute approximate surface area is 115 Å². The number of fused-ring (bicyclic) bond motifs is 1. The number of benzene rings is 1. The maximum Gasteiger partial charge on any atom is 0.135 e. The predicted octanol–water partition coefficient (Wildman–Crippen LogP) is 3.19. The number of anilines is 1. The Bertz CT molecular complexity index is 568. The van der Waals surface area contributed by atoms with Gasteiger partial charge in [0.25, 0.3) is 0 Å². The van der Waals surface area contributed by atoms with Crippen LogP contribution in [-0.4, -0.2) is 24.6 Å². The van der Waals surface area contributed by atoms with E-state index in [1.165, 1.54) is 16.3 Å². The third-order valence-electron chi connectivity index (χ3n) is 3.09. The lowest BCUT2D eigenvalue weighted by atomic mass is 10.0. The number of hydrogen-bond donors (Lipinski definition) is 1. The molecule has 0 bridgehead atoms.